The van der Waals surface area contributed by atoms with Crippen molar-refractivity contribution in [2.45, 2.75) is 0 Å². The second kappa shape index (κ2) is 10.2. The molecule has 0 spiro atoms. The normalized spacial score (nSPS) is 9.88. The summed E-state index contributed by atoms with van der Waals surface area (Å²) in [5.41, 5.74) is 0.609. The van der Waals surface area contributed by atoms with Gasteiger partial charge >= 0.3 is 0 Å². The molecule has 0 heterocycles. The molecule has 8 heteroatoms. The second-order valence-electron chi connectivity index (χ2n) is 5.18. The molecule has 0 aliphatic heterocycles. The van der Waals surface area contributed by atoms with Gasteiger partial charge in [0.15, 0.2) is 6.61 Å². The molecule has 0 atom stereocenters. The lowest BCUT2D eigenvalue weighted by Gasteiger charge is -2.09. The Morgan fingerprint density at radius 3 is 2.15 bits per heavy atom. The summed E-state index contributed by atoms with van der Waals surface area (Å²) in [6.45, 7) is -0.629. The lowest BCUT2D eigenvalue weighted by atomic mass is 10.3. The molecule has 26 heavy (non-hydrogen) atoms. The van der Waals surface area contributed by atoms with E-state index in [4.69, 9.17) is 4.74 Å². The van der Waals surface area contributed by atoms with Crippen LogP contribution in [0.3, 0.4) is 0 Å². The van der Waals surface area contributed by atoms with Crippen LogP contribution < -0.4 is 20.7 Å². The third-order valence-corrected chi connectivity index (χ3v) is 3.84. The van der Waals surface area contributed by atoms with Gasteiger partial charge in [-0.1, -0.05) is 30.3 Å². The zero-order chi connectivity index (χ0) is 18.8. The van der Waals surface area contributed by atoms with Crippen LogP contribution in [-0.2, 0) is 14.4 Å². The van der Waals surface area contributed by atoms with Gasteiger partial charge in [-0.15, -0.1) is 0 Å². The molecular formula is C18H18BrN3O4. The molecule has 3 N–H and O–H groups in total. The zero-order valence-corrected chi connectivity index (χ0v) is 15.4. The summed E-state index contributed by atoms with van der Waals surface area (Å²) in [4.78, 5) is 35.1. The largest absolute Gasteiger partial charge is 0.484 e. The molecule has 0 saturated heterocycles. The van der Waals surface area contributed by atoms with E-state index in [1.807, 2.05) is 12.1 Å². The topological polar surface area (TPSA) is 96.5 Å². The predicted molar refractivity (Wildman–Crippen MR) is 101 cm³/mol. The lowest BCUT2D eigenvalue weighted by molar-refractivity contribution is -0.127. The van der Waals surface area contributed by atoms with Crippen LogP contribution in [0.4, 0.5) is 5.69 Å². The second-order valence-corrected chi connectivity index (χ2v) is 6.04. The summed E-state index contributed by atoms with van der Waals surface area (Å²) in [5.74, 6) is -0.707. The number of amides is 3. The van der Waals surface area contributed by atoms with Crippen LogP contribution in [0.2, 0.25) is 0 Å². The molecule has 0 aromatic heterocycles. The average Bonchev–Trinajstić information content (AvgIpc) is 2.65. The van der Waals surface area contributed by atoms with Crippen LogP contribution in [0.1, 0.15) is 0 Å². The highest BCUT2D eigenvalue weighted by atomic mass is 79.9. The zero-order valence-electron chi connectivity index (χ0n) is 13.8. The van der Waals surface area contributed by atoms with E-state index in [2.05, 4.69) is 31.9 Å². The molecule has 2 rings (SSSR count). The summed E-state index contributed by atoms with van der Waals surface area (Å²) < 4.78 is 6.00. The van der Waals surface area contributed by atoms with Crippen LogP contribution in [0.25, 0.3) is 0 Å². The number of anilines is 1. The molecule has 0 fully saturated rings. The minimum absolute atomic E-state index is 0.195. The minimum atomic E-state index is -0.472. The van der Waals surface area contributed by atoms with Crippen molar-refractivity contribution in [2.24, 2.45) is 0 Å². The predicted octanol–water partition coefficient (Wildman–Crippen LogP) is 1.70. The summed E-state index contributed by atoms with van der Waals surface area (Å²) >= 11 is 3.32. The maximum absolute atomic E-state index is 11.8. The molecule has 136 valence electrons. The molecule has 3 amide bonds. The number of carbonyl (C=O) groups excluding carboxylic acids is 3. The van der Waals surface area contributed by atoms with E-state index in [9.17, 15) is 14.4 Å². The highest BCUT2D eigenvalue weighted by molar-refractivity contribution is 9.10. The molecular weight excluding hydrogens is 402 g/mol. The van der Waals surface area contributed by atoms with Crippen molar-refractivity contribution < 1.29 is 19.1 Å². The number of hydrogen-bond donors (Lipinski definition) is 3. The van der Waals surface area contributed by atoms with Gasteiger partial charge in [0.1, 0.15) is 5.75 Å². The standard InChI is InChI=1S/C18H18BrN3O4/c19-14-8-4-5-9-15(14)22-17(24)11-20-16(23)10-21-18(25)12-26-13-6-2-1-3-7-13/h1-9H,10-12H2,(H,20,23)(H,21,25)(H,22,24). The first-order valence-corrected chi connectivity index (χ1v) is 8.59. The van der Waals surface area contributed by atoms with Crippen LogP contribution >= 0.6 is 15.9 Å². The Bertz CT molecular complexity index is 768. The Morgan fingerprint density at radius 2 is 1.42 bits per heavy atom. The van der Waals surface area contributed by atoms with Crippen LogP contribution in [0, 0.1) is 0 Å². The highest BCUT2D eigenvalue weighted by Crippen LogP contribution is 2.20. The molecule has 0 bridgehead atoms. The number of carbonyl (C=O) groups is 3. The quantitative estimate of drug-likeness (QED) is 0.606. The Kier molecular flexibility index (Phi) is 7.63. The van der Waals surface area contributed by atoms with Crippen LogP contribution in [0.15, 0.2) is 59.1 Å². The van der Waals surface area contributed by atoms with Gasteiger partial charge in [0.25, 0.3) is 5.91 Å². The first-order chi connectivity index (χ1) is 12.5. The third-order valence-electron chi connectivity index (χ3n) is 3.15. The van der Waals surface area contributed by atoms with Crippen molar-refractivity contribution in [1.29, 1.82) is 0 Å². The summed E-state index contributed by atoms with van der Waals surface area (Å²) in [6, 6.07) is 16.0. The van der Waals surface area contributed by atoms with Crippen molar-refractivity contribution in [1.82, 2.24) is 10.6 Å². The maximum Gasteiger partial charge on any atom is 0.258 e. The Morgan fingerprint density at radius 1 is 0.808 bits per heavy atom. The van der Waals surface area contributed by atoms with Gasteiger partial charge in [-0.25, -0.2) is 0 Å². The number of halogens is 1. The monoisotopic (exact) mass is 419 g/mol. The Balaban J connectivity index is 1.63. The fraction of sp³-hybridized carbons (Fsp3) is 0.167. The first-order valence-electron chi connectivity index (χ1n) is 7.80. The van der Waals surface area contributed by atoms with E-state index in [0.29, 0.717) is 11.4 Å². The summed E-state index contributed by atoms with van der Waals surface area (Å²) in [7, 11) is 0. The molecule has 0 aliphatic carbocycles. The van der Waals surface area contributed by atoms with Gasteiger partial charge in [0.05, 0.1) is 18.8 Å². The SMILES string of the molecule is O=C(CNC(=O)COc1ccccc1)NCC(=O)Nc1ccccc1Br. The number of hydrogen-bond acceptors (Lipinski definition) is 4. The van der Waals surface area contributed by atoms with Crippen LogP contribution in [-0.4, -0.2) is 37.4 Å². The fourth-order valence-corrected chi connectivity index (χ4v) is 2.28. The number of rotatable bonds is 8. The number of nitrogens with one attached hydrogen (secondary N) is 3. The Labute approximate surface area is 159 Å². The van der Waals surface area contributed by atoms with Gasteiger partial charge in [-0.3, -0.25) is 14.4 Å². The van der Waals surface area contributed by atoms with E-state index >= 15 is 0 Å². The fourth-order valence-electron chi connectivity index (χ4n) is 1.89. The van der Waals surface area contributed by atoms with Crippen molar-refractivity contribution in [3.8, 4) is 5.75 Å². The summed E-state index contributed by atoms with van der Waals surface area (Å²) in [6.07, 6.45) is 0. The van der Waals surface area contributed by atoms with Gasteiger partial charge in [-0.2, -0.15) is 0 Å². The number of para-hydroxylation sites is 2. The molecule has 0 saturated carbocycles. The van der Waals surface area contributed by atoms with Crippen molar-refractivity contribution >= 4 is 39.3 Å². The number of benzene rings is 2. The molecule has 0 unspecified atom stereocenters. The smallest absolute Gasteiger partial charge is 0.258 e. The van der Waals surface area contributed by atoms with Gasteiger partial charge in [-0.05, 0) is 40.2 Å². The van der Waals surface area contributed by atoms with Gasteiger partial charge in [0, 0.05) is 4.47 Å². The molecule has 0 aliphatic rings. The van der Waals surface area contributed by atoms with Gasteiger partial charge < -0.3 is 20.7 Å². The first kappa shape index (κ1) is 19.5. The van der Waals surface area contributed by atoms with E-state index in [-0.39, 0.29) is 25.6 Å². The van der Waals surface area contributed by atoms with E-state index < -0.39 is 11.8 Å². The molecule has 2 aromatic rings. The van der Waals surface area contributed by atoms with Crippen LogP contribution in [0.5, 0.6) is 5.75 Å². The van der Waals surface area contributed by atoms with E-state index in [1.54, 1.807) is 42.5 Å². The lowest BCUT2D eigenvalue weighted by Crippen LogP contribution is -2.41. The summed E-state index contributed by atoms with van der Waals surface area (Å²) in [5, 5.41) is 7.51. The van der Waals surface area contributed by atoms with Crippen molar-refractivity contribution in [3.63, 3.8) is 0 Å². The number of ether oxygens (including phenoxy) is 1. The van der Waals surface area contributed by atoms with E-state index in [1.165, 1.54) is 0 Å². The maximum atomic E-state index is 11.8. The Hall–Kier alpha value is -2.87. The van der Waals surface area contributed by atoms with Crippen molar-refractivity contribution in [3.05, 3.63) is 59.1 Å². The molecule has 7 nitrogen and oxygen atoms in total. The average molecular weight is 420 g/mol. The highest BCUT2D eigenvalue weighted by Gasteiger charge is 2.09. The van der Waals surface area contributed by atoms with Gasteiger partial charge in [0.2, 0.25) is 11.8 Å². The molecule has 2 aromatic carbocycles. The molecule has 0 radical (unpaired) electrons. The third kappa shape index (κ3) is 6.94. The van der Waals surface area contributed by atoms with Crippen molar-refractivity contribution in [2.75, 3.05) is 25.0 Å². The minimum Gasteiger partial charge on any atom is -0.484 e. The van der Waals surface area contributed by atoms with E-state index in [0.717, 1.165) is 4.47 Å².